The fraction of sp³-hybridized carbons (Fsp3) is 0.529. The van der Waals surface area contributed by atoms with Crippen LogP contribution in [0, 0.1) is 35.2 Å². The summed E-state index contributed by atoms with van der Waals surface area (Å²) in [4.78, 5) is 23.5. The summed E-state index contributed by atoms with van der Waals surface area (Å²) >= 11 is 0. The van der Waals surface area contributed by atoms with E-state index in [-0.39, 0.29) is 6.42 Å². The van der Waals surface area contributed by atoms with Gasteiger partial charge >= 0.3 is 5.97 Å². The van der Waals surface area contributed by atoms with Gasteiger partial charge in [-0.1, -0.05) is 6.42 Å². The molecular formula is C17H18F3NO3. The summed E-state index contributed by atoms with van der Waals surface area (Å²) in [5.41, 5.74) is -0.497. The molecule has 3 atom stereocenters. The molecule has 2 fully saturated rings. The smallest absolute Gasteiger partial charge is 0.306 e. The lowest BCUT2D eigenvalue weighted by molar-refractivity contribution is -0.148. The third-order valence-corrected chi connectivity index (χ3v) is 4.99. The topological polar surface area (TPSA) is 55.4 Å². The lowest BCUT2D eigenvalue weighted by Gasteiger charge is -2.20. The van der Waals surface area contributed by atoms with Crippen LogP contribution in [0.2, 0.25) is 0 Å². The molecule has 2 bridgehead atoms. The number of amides is 1. The Morgan fingerprint density at radius 1 is 1.12 bits per heavy atom. The van der Waals surface area contributed by atoms with E-state index in [1.54, 1.807) is 0 Å². The van der Waals surface area contributed by atoms with Crippen LogP contribution in [0.5, 0.6) is 0 Å². The van der Waals surface area contributed by atoms with Gasteiger partial charge in [0.2, 0.25) is 0 Å². The van der Waals surface area contributed by atoms with Crippen molar-refractivity contribution in [2.75, 3.05) is 11.9 Å². The van der Waals surface area contributed by atoms with Crippen molar-refractivity contribution >= 4 is 17.6 Å². The van der Waals surface area contributed by atoms with Gasteiger partial charge in [-0.3, -0.25) is 9.59 Å². The van der Waals surface area contributed by atoms with Crippen LogP contribution in [-0.2, 0) is 14.3 Å². The van der Waals surface area contributed by atoms with Gasteiger partial charge in [0.15, 0.2) is 24.1 Å². The van der Waals surface area contributed by atoms with Crippen molar-refractivity contribution in [1.29, 1.82) is 0 Å². The van der Waals surface area contributed by atoms with Gasteiger partial charge in [0.05, 0.1) is 5.69 Å². The van der Waals surface area contributed by atoms with Crippen LogP contribution in [0.4, 0.5) is 18.9 Å². The highest BCUT2D eigenvalue weighted by molar-refractivity contribution is 5.92. The van der Waals surface area contributed by atoms with Crippen LogP contribution in [-0.4, -0.2) is 18.5 Å². The van der Waals surface area contributed by atoms with Gasteiger partial charge in [-0.15, -0.1) is 0 Å². The van der Waals surface area contributed by atoms with Crippen molar-refractivity contribution in [3.63, 3.8) is 0 Å². The van der Waals surface area contributed by atoms with E-state index >= 15 is 0 Å². The number of nitrogens with one attached hydrogen (secondary N) is 1. The summed E-state index contributed by atoms with van der Waals surface area (Å²) in [6, 6.07) is 1.61. The maximum Gasteiger partial charge on any atom is 0.306 e. The van der Waals surface area contributed by atoms with E-state index in [4.69, 9.17) is 4.74 Å². The SMILES string of the molecule is O=C(COC(=O)C[C@H]1C[C@H]2CC[C@@H]1C2)Nc1ccc(F)c(F)c1F. The minimum Gasteiger partial charge on any atom is -0.456 e. The number of ether oxygens (including phenoxy) is 1. The molecule has 0 aliphatic heterocycles. The highest BCUT2D eigenvalue weighted by Gasteiger charge is 2.40. The van der Waals surface area contributed by atoms with Crippen molar-refractivity contribution in [3.8, 4) is 0 Å². The van der Waals surface area contributed by atoms with Crippen LogP contribution in [0.3, 0.4) is 0 Å². The standard InChI is InChI=1S/C17H18F3NO3/c18-12-3-4-13(17(20)16(12)19)21-14(22)8-24-15(23)7-11-6-9-1-2-10(11)5-9/h3-4,9-11H,1-2,5-8H2,(H,21,22)/t9-,10+,11+/m0/s1. The van der Waals surface area contributed by atoms with Crippen molar-refractivity contribution in [1.82, 2.24) is 0 Å². The van der Waals surface area contributed by atoms with Gasteiger partial charge in [0, 0.05) is 6.42 Å². The average Bonchev–Trinajstić information content (AvgIpc) is 3.16. The van der Waals surface area contributed by atoms with Crippen LogP contribution in [0.1, 0.15) is 32.1 Å². The molecular weight excluding hydrogens is 323 g/mol. The van der Waals surface area contributed by atoms with Gasteiger partial charge in [-0.25, -0.2) is 13.2 Å². The maximum atomic E-state index is 13.4. The zero-order chi connectivity index (χ0) is 17.3. The molecule has 2 aliphatic rings. The number of fused-ring (bicyclic) bond motifs is 2. The molecule has 2 saturated carbocycles. The first-order chi connectivity index (χ1) is 11.4. The number of hydrogen-bond acceptors (Lipinski definition) is 3. The lowest BCUT2D eigenvalue weighted by Crippen LogP contribution is -2.23. The van der Waals surface area contributed by atoms with E-state index in [0.717, 1.165) is 18.9 Å². The number of rotatable bonds is 5. The number of carbonyl (C=O) groups excluding carboxylic acids is 2. The Balaban J connectivity index is 1.45. The number of carbonyl (C=O) groups is 2. The van der Waals surface area contributed by atoms with E-state index in [9.17, 15) is 22.8 Å². The Morgan fingerprint density at radius 2 is 1.92 bits per heavy atom. The Morgan fingerprint density at radius 3 is 2.58 bits per heavy atom. The second-order valence-corrected chi connectivity index (χ2v) is 6.57. The number of esters is 1. The molecule has 1 amide bonds. The van der Waals surface area contributed by atoms with Crippen LogP contribution in [0.25, 0.3) is 0 Å². The molecule has 130 valence electrons. The normalized spacial score (nSPS) is 24.9. The minimum atomic E-state index is -1.67. The monoisotopic (exact) mass is 341 g/mol. The van der Waals surface area contributed by atoms with Crippen molar-refractivity contribution in [2.24, 2.45) is 17.8 Å². The largest absolute Gasteiger partial charge is 0.456 e. The Labute approximate surface area is 137 Å². The number of anilines is 1. The predicted octanol–water partition coefficient (Wildman–Crippen LogP) is 3.41. The third-order valence-electron chi connectivity index (χ3n) is 4.99. The van der Waals surface area contributed by atoms with Gasteiger partial charge in [-0.05, 0) is 49.1 Å². The zero-order valence-corrected chi connectivity index (χ0v) is 13.0. The van der Waals surface area contributed by atoms with E-state index in [1.807, 2.05) is 0 Å². The van der Waals surface area contributed by atoms with E-state index in [0.29, 0.717) is 23.8 Å². The molecule has 0 heterocycles. The van der Waals surface area contributed by atoms with Crippen molar-refractivity contribution < 1.29 is 27.5 Å². The summed E-state index contributed by atoms with van der Waals surface area (Å²) in [5.74, 6) is -4.15. The van der Waals surface area contributed by atoms with Crippen molar-refractivity contribution in [2.45, 2.75) is 32.1 Å². The molecule has 0 unspecified atom stereocenters. The molecule has 0 saturated heterocycles. The first kappa shape index (κ1) is 16.8. The molecule has 24 heavy (non-hydrogen) atoms. The first-order valence-corrected chi connectivity index (χ1v) is 8.03. The Hall–Kier alpha value is -2.05. The van der Waals surface area contributed by atoms with Gasteiger partial charge in [0.1, 0.15) is 0 Å². The van der Waals surface area contributed by atoms with Crippen LogP contribution >= 0.6 is 0 Å². The number of hydrogen-bond donors (Lipinski definition) is 1. The summed E-state index contributed by atoms with van der Waals surface area (Å²) in [5, 5.41) is 2.06. The van der Waals surface area contributed by atoms with Crippen molar-refractivity contribution in [3.05, 3.63) is 29.6 Å². The van der Waals surface area contributed by atoms with E-state index in [2.05, 4.69) is 5.32 Å². The van der Waals surface area contributed by atoms with Gasteiger partial charge in [-0.2, -0.15) is 0 Å². The fourth-order valence-corrected chi connectivity index (χ4v) is 3.85. The summed E-state index contributed by atoms with van der Waals surface area (Å²) in [6.07, 6.45) is 4.88. The summed E-state index contributed by atoms with van der Waals surface area (Å²) < 4.78 is 44.2. The summed E-state index contributed by atoms with van der Waals surface area (Å²) in [6.45, 7) is -0.585. The zero-order valence-electron chi connectivity index (χ0n) is 13.0. The van der Waals surface area contributed by atoms with E-state index in [1.165, 1.54) is 12.8 Å². The van der Waals surface area contributed by atoms with Crippen LogP contribution in [0.15, 0.2) is 12.1 Å². The molecule has 1 aromatic carbocycles. The molecule has 0 radical (unpaired) electrons. The molecule has 7 heteroatoms. The highest BCUT2D eigenvalue weighted by Crippen LogP contribution is 2.49. The third kappa shape index (κ3) is 3.55. The molecule has 1 aromatic rings. The summed E-state index contributed by atoms with van der Waals surface area (Å²) in [7, 11) is 0. The van der Waals surface area contributed by atoms with E-state index < -0.39 is 41.6 Å². The Kier molecular flexibility index (Phi) is 4.78. The molecule has 0 aromatic heterocycles. The highest BCUT2D eigenvalue weighted by atomic mass is 19.2. The maximum absolute atomic E-state index is 13.4. The van der Waals surface area contributed by atoms with Gasteiger partial charge < -0.3 is 10.1 Å². The van der Waals surface area contributed by atoms with Gasteiger partial charge in [0.25, 0.3) is 5.91 Å². The Bertz CT molecular complexity index is 665. The lowest BCUT2D eigenvalue weighted by atomic mass is 9.86. The number of halogens is 3. The minimum absolute atomic E-state index is 0.286. The molecule has 3 rings (SSSR count). The second kappa shape index (κ2) is 6.83. The fourth-order valence-electron chi connectivity index (χ4n) is 3.85. The molecule has 2 aliphatic carbocycles. The predicted molar refractivity (Wildman–Crippen MR) is 79.5 cm³/mol. The average molecular weight is 341 g/mol. The molecule has 4 nitrogen and oxygen atoms in total. The quantitative estimate of drug-likeness (QED) is 0.660. The number of benzene rings is 1. The molecule has 0 spiro atoms. The second-order valence-electron chi connectivity index (χ2n) is 6.57. The van der Waals surface area contributed by atoms with Crippen LogP contribution < -0.4 is 5.32 Å². The first-order valence-electron chi connectivity index (χ1n) is 8.03. The molecule has 1 N–H and O–H groups in total.